The number of rotatable bonds is 5. The van der Waals surface area contributed by atoms with Crippen LogP contribution in [0.4, 0.5) is 4.79 Å². The highest BCUT2D eigenvalue weighted by Crippen LogP contribution is 2.07. The second kappa shape index (κ2) is 6.56. The average molecular weight is 288 g/mol. The molecule has 2 rings (SSSR count). The average Bonchev–Trinajstić information content (AvgIpc) is 2.98. The predicted molar refractivity (Wildman–Crippen MR) is 75.7 cm³/mol. The van der Waals surface area contributed by atoms with Gasteiger partial charge in [0.05, 0.1) is 24.1 Å². The van der Waals surface area contributed by atoms with Crippen molar-refractivity contribution in [1.29, 1.82) is 0 Å². The number of carboxylic acids is 1. The highest BCUT2D eigenvalue weighted by molar-refractivity contribution is 5.87. The number of aromatic carboxylic acids is 1. The van der Waals surface area contributed by atoms with Gasteiger partial charge in [0.2, 0.25) is 0 Å². The van der Waals surface area contributed by atoms with E-state index in [9.17, 15) is 9.59 Å². The molecule has 1 aromatic carbocycles. The van der Waals surface area contributed by atoms with Gasteiger partial charge in [-0.2, -0.15) is 0 Å². The van der Waals surface area contributed by atoms with Gasteiger partial charge >= 0.3 is 12.0 Å². The maximum Gasteiger partial charge on any atom is 0.335 e. The van der Waals surface area contributed by atoms with Crippen LogP contribution in [-0.4, -0.2) is 39.0 Å². The summed E-state index contributed by atoms with van der Waals surface area (Å²) in [5.74, 6) is -0.966. The first-order valence-corrected chi connectivity index (χ1v) is 6.34. The number of carboxylic acid groups (broad SMARTS) is 1. The molecule has 0 aliphatic heterocycles. The van der Waals surface area contributed by atoms with E-state index in [0.29, 0.717) is 13.1 Å². The largest absolute Gasteiger partial charge is 0.478 e. The molecule has 110 valence electrons. The quantitative estimate of drug-likeness (QED) is 0.775. The van der Waals surface area contributed by atoms with Gasteiger partial charge in [0.25, 0.3) is 0 Å². The van der Waals surface area contributed by atoms with E-state index < -0.39 is 5.97 Å². The topological polar surface area (TPSA) is 98.3 Å². The lowest BCUT2D eigenvalue weighted by Gasteiger charge is -2.17. The fourth-order valence-electron chi connectivity index (χ4n) is 1.79. The van der Waals surface area contributed by atoms with Gasteiger partial charge in [-0.1, -0.05) is 12.1 Å². The molecule has 0 fully saturated rings. The number of nitrogens with zero attached hydrogens (tertiary/aromatic N) is 2. The Morgan fingerprint density at radius 3 is 2.62 bits per heavy atom. The highest BCUT2D eigenvalue weighted by atomic mass is 16.4. The Morgan fingerprint density at radius 2 is 2.05 bits per heavy atom. The number of aromatic nitrogens is 2. The van der Waals surface area contributed by atoms with E-state index in [2.05, 4.69) is 15.3 Å². The second-order valence-electron chi connectivity index (χ2n) is 4.59. The number of urea groups is 1. The van der Waals surface area contributed by atoms with Gasteiger partial charge in [-0.25, -0.2) is 14.6 Å². The standard InChI is InChI=1S/C14H16N4O3/c1-18(14(21)16-7-12-6-15-9-17-12)8-10-2-4-11(5-3-10)13(19)20/h2-6,9H,7-8H2,1H3,(H,15,17)(H,16,21)(H,19,20). The first-order valence-electron chi connectivity index (χ1n) is 6.34. The summed E-state index contributed by atoms with van der Waals surface area (Å²) in [6, 6.07) is 6.22. The van der Waals surface area contributed by atoms with Crippen LogP contribution in [0, 0.1) is 0 Å². The molecule has 0 saturated heterocycles. The minimum atomic E-state index is -0.966. The molecule has 0 bridgehead atoms. The van der Waals surface area contributed by atoms with E-state index in [1.165, 1.54) is 17.0 Å². The number of nitrogens with one attached hydrogen (secondary N) is 2. The van der Waals surface area contributed by atoms with Crippen LogP contribution in [0.3, 0.4) is 0 Å². The van der Waals surface area contributed by atoms with E-state index >= 15 is 0 Å². The normalized spacial score (nSPS) is 10.1. The molecule has 0 saturated carbocycles. The van der Waals surface area contributed by atoms with Gasteiger partial charge in [-0.05, 0) is 17.7 Å². The monoisotopic (exact) mass is 288 g/mol. The summed E-state index contributed by atoms with van der Waals surface area (Å²) < 4.78 is 0. The molecule has 0 aliphatic rings. The molecule has 7 nitrogen and oxygen atoms in total. The van der Waals surface area contributed by atoms with Crippen LogP contribution >= 0.6 is 0 Å². The number of H-pyrrole nitrogens is 1. The van der Waals surface area contributed by atoms with Gasteiger partial charge in [0.1, 0.15) is 0 Å². The molecule has 2 amide bonds. The van der Waals surface area contributed by atoms with Crippen molar-refractivity contribution < 1.29 is 14.7 Å². The smallest absolute Gasteiger partial charge is 0.335 e. The zero-order chi connectivity index (χ0) is 15.2. The molecule has 0 radical (unpaired) electrons. The maximum absolute atomic E-state index is 11.9. The summed E-state index contributed by atoms with van der Waals surface area (Å²) in [4.78, 5) is 30.9. The van der Waals surface area contributed by atoms with E-state index in [4.69, 9.17) is 5.11 Å². The van der Waals surface area contributed by atoms with Gasteiger partial charge in [0.15, 0.2) is 0 Å². The van der Waals surface area contributed by atoms with Crippen LogP contribution in [0.15, 0.2) is 36.8 Å². The molecule has 0 spiro atoms. The van der Waals surface area contributed by atoms with E-state index in [0.717, 1.165) is 11.3 Å². The van der Waals surface area contributed by atoms with Gasteiger partial charge in [-0.15, -0.1) is 0 Å². The summed E-state index contributed by atoms with van der Waals surface area (Å²) in [6.45, 7) is 0.774. The minimum absolute atomic E-state index is 0.216. The van der Waals surface area contributed by atoms with E-state index in [-0.39, 0.29) is 11.6 Å². The molecule has 3 N–H and O–H groups in total. The molecule has 21 heavy (non-hydrogen) atoms. The number of carbonyl (C=O) groups excluding carboxylic acids is 1. The van der Waals surface area contributed by atoms with Crippen molar-refractivity contribution in [3.05, 3.63) is 53.6 Å². The Hall–Kier alpha value is -2.83. The minimum Gasteiger partial charge on any atom is -0.478 e. The maximum atomic E-state index is 11.9. The third-order valence-corrected chi connectivity index (χ3v) is 2.95. The van der Waals surface area contributed by atoms with Crippen LogP contribution in [0.1, 0.15) is 21.6 Å². The van der Waals surface area contributed by atoms with Crippen molar-refractivity contribution in [2.24, 2.45) is 0 Å². The summed E-state index contributed by atoms with van der Waals surface area (Å²) in [7, 11) is 1.67. The summed E-state index contributed by atoms with van der Waals surface area (Å²) in [5.41, 5.74) is 1.91. The van der Waals surface area contributed by atoms with Crippen molar-refractivity contribution in [3.8, 4) is 0 Å². The van der Waals surface area contributed by atoms with Crippen molar-refractivity contribution in [2.75, 3.05) is 7.05 Å². The van der Waals surface area contributed by atoms with Crippen molar-refractivity contribution in [1.82, 2.24) is 20.2 Å². The number of benzene rings is 1. The Bertz CT molecular complexity index is 608. The fraction of sp³-hybridized carbons (Fsp3) is 0.214. The lowest BCUT2D eigenvalue weighted by atomic mass is 10.1. The summed E-state index contributed by atoms with van der Waals surface area (Å²) >= 11 is 0. The van der Waals surface area contributed by atoms with Crippen LogP contribution in [0.2, 0.25) is 0 Å². The van der Waals surface area contributed by atoms with Gasteiger partial charge in [0, 0.05) is 19.8 Å². The molecular formula is C14H16N4O3. The Labute approximate surface area is 121 Å². The first kappa shape index (κ1) is 14.6. The summed E-state index contributed by atoms with van der Waals surface area (Å²) in [5, 5.41) is 11.6. The van der Waals surface area contributed by atoms with Crippen molar-refractivity contribution in [3.63, 3.8) is 0 Å². The number of amides is 2. The number of hydrogen-bond acceptors (Lipinski definition) is 3. The Kier molecular flexibility index (Phi) is 4.55. The van der Waals surface area contributed by atoms with Crippen LogP contribution in [0.25, 0.3) is 0 Å². The lowest BCUT2D eigenvalue weighted by Crippen LogP contribution is -2.36. The number of imidazole rings is 1. The predicted octanol–water partition coefficient (Wildman–Crippen LogP) is 1.45. The number of aromatic amines is 1. The molecule has 0 atom stereocenters. The Balaban J connectivity index is 1.86. The van der Waals surface area contributed by atoms with Crippen LogP contribution < -0.4 is 5.32 Å². The Morgan fingerprint density at radius 1 is 1.33 bits per heavy atom. The molecule has 0 aliphatic carbocycles. The van der Waals surface area contributed by atoms with Gasteiger partial charge < -0.3 is 20.3 Å². The second-order valence-corrected chi connectivity index (χ2v) is 4.59. The zero-order valence-corrected chi connectivity index (χ0v) is 11.5. The zero-order valence-electron chi connectivity index (χ0n) is 11.5. The third-order valence-electron chi connectivity index (χ3n) is 2.95. The third kappa shape index (κ3) is 4.07. The molecular weight excluding hydrogens is 272 g/mol. The molecule has 7 heteroatoms. The number of hydrogen-bond donors (Lipinski definition) is 3. The van der Waals surface area contributed by atoms with Crippen molar-refractivity contribution >= 4 is 12.0 Å². The number of carbonyl (C=O) groups is 2. The SMILES string of the molecule is CN(Cc1ccc(C(=O)O)cc1)C(=O)NCc1cnc[nH]1. The molecule has 1 heterocycles. The highest BCUT2D eigenvalue weighted by Gasteiger charge is 2.09. The molecule has 0 unspecified atom stereocenters. The van der Waals surface area contributed by atoms with Crippen molar-refractivity contribution in [2.45, 2.75) is 13.1 Å². The van der Waals surface area contributed by atoms with E-state index in [1.807, 2.05) is 0 Å². The van der Waals surface area contributed by atoms with Crippen LogP contribution in [-0.2, 0) is 13.1 Å². The lowest BCUT2D eigenvalue weighted by molar-refractivity contribution is 0.0697. The van der Waals surface area contributed by atoms with Crippen LogP contribution in [0.5, 0.6) is 0 Å². The molecule has 1 aromatic heterocycles. The van der Waals surface area contributed by atoms with E-state index in [1.54, 1.807) is 31.7 Å². The molecule has 2 aromatic rings. The fourth-order valence-corrected chi connectivity index (χ4v) is 1.79. The first-order chi connectivity index (χ1) is 10.1. The summed E-state index contributed by atoms with van der Waals surface area (Å²) in [6.07, 6.45) is 3.19. The van der Waals surface area contributed by atoms with Gasteiger partial charge in [-0.3, -0.25) is 0 Å².